The number of nitrogens with one attached hydrogen (secondary N) is 1. The number of aryl methyl sites for hydroxylation is 1. The lowest BCUT2D eigenvalue weighted by Gasteiger charge is -1.98. The van der Waals surface area contributed by atoms with Gasteiger partial charge < -0.3 is 9.73 Å². The van der Waals surface area contributed by atoms with Crippen LogP contribution in [0, 0.1) is 6.92 Å². The third-order valence-electron chi connectivity index (χ3n) is 2.59. The second-order valence-corrected chi connectivity index (χ2v) is 5.07. The Balaban J connectivity index is 1.70. The monoisotopic (exact) mass is 273 g/mol. The molecule has 1 amide bonds. The molecule has 96 valence electrons. The van der Waals surface area contributed by atoms with E-state index in [9.17, 15) is 4.79 Å². The number of fused-ring (bicyclic) bond motifs is 1. The summed E-state index contributed by atoms with van der Waals surface area (Å²) in [4.78, 5) is 20.2. The van der Waals surface area contributed by atoms with Crippen LogP contribution in [0.1, 0.15) is 21.4 Å². The number of thiazole rings is 1. The summed E-state index contributed by atoms with van der Waals surface area (Å²) >= 11 is 1.45. The van der Waals surface area contributed by atoms with E-state index in [1.165, 1.54) is 11.3 Å². The maximum Gasteiger partial charge on any atom is 0.271 e. The standard InChI is InChI=1S/C13H11N3O2S/c1-8-15-10(7-19-8)13(17)14-6-12-16-9-4-2-3-5-11(9)18-12/h2-5,7H,6H2,1H3,(H,14,17). The molecule has 2 aromatic heterocycles. The minimum Gasteiger partial charge on any atom is -0.439 e. The molecule has 1 N–H and O–H groups in total. The predicted molar refractivity (Wildman–Crippen MR) is 72.0 cm³/mol. The van der Waals surface area contributed by atoms with E-state index in [0.29, 0.717) is 11.6 Å². The van der Waals surface area contributed by atoms with Crippen LogP contribution in [0.4, 0.5) is 0 Å². The lowest BCUT2D eigenvalue weighted by Crippen LogP contribution is -2.23. The van der Waals surface area contributed by atoms with Crippen molar-refractivity contribution in [2.45, 2.75) is 13.5 Å². The first-order valence-electron chi connectivity index (χ1n) is 5.77. The highest BCUT2D eigenvalue weighted by atomic mass is 32.1. The van der Waals surface area contributed by atoms with Crippen LogP contribution in [0.15, 0.2) is 34.1 Å². The normalized spacial score (nSPS) is 10.8. The molecule has 0 saturated carbocycles. The van der Waals surface area contributed by atoms with Gasteiger partial charge in [-0.2, -0.15) is 0 Å². The number of para-hydroxylation sites is 2. The zero-order chi connectivity index (χ0) is 13.2. The van der Waals surface area contributed by atoms with E-state index in [2.05, 4.69) is 15.3 Å². The Kier molecular flexibility index (Phi) is 3.00. The number of carbonyl (C=O) groups is 1. The van der Waals surface area contributed by atoms with E-state index in [-0.39, 0.29) is 12.5 Å². The summed E-state index contributed by atoms with van der Waals surface area (Å²) in [6, 6.07) is 7.49. The topological polar surface area (TPSA) is 68.0 Å². The highest BCUT2D eigenvalue weighted by Crippen LogP contribution is 2.14. The molecule has 0 aliphatic heterocycles. The lowest BCUT2D eigenvalue weighted by molar-refractivity contribution is 0.0943. The van der Waals surface area contributed by atoms with Gasteiger partial charge >= 0.3 is 0 Å². The van der Waals surface area contributed by atoms with E-state index in [0.717, 1.165) is 16.1 Å². The van der Waals surface area contributed by atoms with E-state index in [4.69, 9.17) is 4.42 Å². The van der Waals surface area contributed by atoms with Gasteiger partial charge in [0.2, 0.25) is 5.89 Å². The van der Waals surface area contributed by atoms with Gasteiger partial charge in [-0.3, -0.25) is 4.79 Å². The van der Waals surface area contributed by atoms with Gasteiger partial charge in [-0.1, -0.05) is 12.1 Å². The minimum atomic E-state index is -0.216. The highest BCUT2D eigenvalue weighted by Gasteiger charge is 2.11. The summed E-state index contributed by atoms with van der Waals surface area (Å²) in [6.07, 6.45) is 0. The van der Waals surface area contributed by atoms with E-state index in [1.54, 1.807) is 5.38 Å². The maximum atomic E-state index is 11.8. The number of benzene rings is 1. The van der Waals surface area contributed by atoms with E-state index < -0.39 is 0 Å². The minimum absolute atomic E-state index is 0.216. The van der Waals surface area contributed by atoms with Gasteiger partial charge in [0, 0.05) is 5.38 Å². The van der Waals surface area contributed by atoms with Gasteiger partial charge in [0.05, 0.1) is 11.6 Å². The van der Waals surface area contributed by atoms with Gasteiger partial charge in [-0.25, -0.2) is 9.97 Å². The zero-order valence-corrected chi connectivity index (χ0v) is 11.0. The average molecular weight is 273 g/mol. The van der Waals surface area contributed by atoms with Crippen LogP contribution in [0.2, 0.25) is 0 Å². The molecule has 0 atom stereocenters. The van der Waals surface area contributed by atoms with Crippen molar-refractivity contribution in [3.05, 3.63) is 46.2 Å². The Morgan fingerprint density at radius 1 is 1.37 bits per heavy atom. The van der Waals surface area contributed by atoms with Gasteiger partial charge in [-0.05, 0) is 19.1 Å². The summed E-state index contributed by atoms with van der Waals surface area (Å²) < 4.78 is 5.52. The third kappa shape index (κ3) is 2.48. The first-order valence-corrected chi connectivity index (χ1v) is 6.65. The molecule has 0 aliphatic rings. The second-order valence-electron chi connectivity index (χ2n) is 4.01. The number of hydrogen-bond donors (Lipinski definition) is 1. The SMILES string of the molecule is Cc1nc(C(=O)NCc2nc3ccccc3o2)cs1. The van der Waals surface area contributed by atoms with Crippen molar-refractivity contribution in [1.82, 2.24) is 15.3 Å². The third-order valence-corrected chi connectivity index (χ3v) is 3.36. The summed E-state index contributed by atoms with van der Waals surface area (Å²) in [5, 5.41) is 5.34. The number of aromatic nitrogens is 2. The molecule has 5 nitrogen and oxygen atoms in total. The molecule has 6 heteroatoms. The second kappa shape index (κ2) is 4.81. The fourth-order valence-corrected chi connectivity index (χ4v) is 2.30. The lowest BCUT2D eigenvalue weighted by atomic mass is 10.3. The summed E-state index contributed by atoms with van der Waals surface area (Å²) in [7, 11) is 0. The number of carbonyl (C=O) groups excluding carboxylic acids is 1. The number of hydrogen-bond acceptors (Lipinski definition) is 5. The molecule has 0 bridgehead atoms. The van der Waals surface area contributed by atoms with Crippen molar-refractivity contribution in [1.29, 1.82) is 0 Å². The number of oxazole rings is 1. The van der Waals surface area contributed by atoms with Crippen molar-refractivity contribution in [3.8, 4) is 0 Å². The van der Waals surface area contributed by atoms with Crippen LogP contribution in [0.25, 0.3) is 11.1 Å². The molecule has 2 heterocycles. The summed E-state index contributed by atoms with van der Waals surface area (Å²) in [5.41, 5.74) is 1.94. The van der Waals surface area contributed by atoms with Crippen LogP contribution < -0.4 is 5.32 Å². The van der Waals surface area contributed by atoms with Gasteiger partial charge in [0.1, 0.15) is 11.2 Å². The fraction of sp³-hybridized carbons (Fsp3) is 0.154. The molecule has 0 saturated heterocycles. The quantitative estimate of drug-likeness (QED) is 0.796. The highest BCUT2D eigenvalue weighted by molar-refractivity contribution is 7.09. The molecule has 0 spiro atoms. The van der Waals surface area contributed by atoms with Crippen LogP contribution in [-0.4, -0.2) is 15.9 Å². The number of amides is 1. The van der Waals surface area contributed by atoms with E-state index >= 15 is 0 Å². The van der Waals surface area contributed by atoms with Gasteiger partial charge in [-0.15, -0.1) is 11.3 Å². The first-order chi connectivity index (χ1) is 9.22. The van der Waals surface area contributed by atoms with Crippen LogP contribution in [-0.2, 0) is 6.54 Å². The van der Waals surface area contributed by atoms with Crippen LogP contribution in [0.3, 0.4) is 0 Å². The van der Waals surface area contributed by atoms with Crippen molar-refractivity contribution < 1.29 is 9.21 Å². The summed E-state index contributed by atoms with van der Waals surface area (Å²) in [5.74, 6) is 0.271. The number of nitrogens with zero attached hydrogens (tertiary/aromatic N) is 2. The molecule has 0 unspecified atom stereocenters. The van der Waals surface area contributed by atoms with E-state index in [1.807, 2.05) is 31.2 Å². The van der Waals surface area contributed by atoms with Crippen LogP contribution in [0.5, 0.6) is 0 Å². The Morgan fingerprint density at radius 2 is 2.21 bits per heavy atom. The molecule has 0 radical (unpaired) electrons. The van der Waals surface area contributed by atoms with Crippen molar-refractivity contribution in [2.75, 3.05) is 0 Å². The molecular formula is C13H11N3O2S. The molecular weight excluding hydrogens is 262 g/mol. The van der Waals surface area contributed by atoms with Crippen molar-refractivity contribution >= 4 is 28.3 Å². The molecule has 0 fully saturated rings. The number of rotatable bonds is 3. The van der Waals surface area contributed by atoms with Gasteiger partial charge in [0.25, 0.3) is 5.91 Å². The molecule has 3 rings (SSSR count). The molecule has 3 aromatic rings. The molecule has 19 heavy (non-hydrogen) atoms. The zero-order valence-electron chi connectivity index (χ0n) is 10.2. The van der Waals surface area contributed by atoms with Crippen LogP contribution >= 0.6 is 11.3 Å². The Hall–Kier alpha value is -2.21. The van der Waals surface area contributed by atoms with Crippen molar-refractivity contribution in [2.24, 2.45) is 0 Å². The Labute approximate surface area is 113 Å². The van der Waals surface area contributed by atoms with Crippen molar-refractivity contribution in [3.63, 3.8) is 0 Å². The smallest absolute Gasteiger partial charge is 0.271 e. The largest absolute Gasteiger partial charge is 0.439 e. The first kappa shape index (κ1) is 11.9. The predicted octanol–water partition coefficient (Wildman–Crippen LogP) is 2.52. The summed E-state index contributed by atoms with van der Waals surface area (Å²) in [6.45, 7) is 2.12. The van der Waals surface area contributed by atoms with Gasteiger partial charge in [0.15, 0.2) is 5.58 Å². The average Bonchev–Trinajstić information content (AvgIpc) is 3.01. The Morgan fingerprint density at radius 3 is 2.95 bits per heavy atom. The molecule has 1 aromatic carbocycles. The molecule has 0 aliphatic carbocycles. The maximum absolute atomic E-state index is 11.8. The Bertz CT molecular complexity index is 699. The fourth-order valence-electron chi connectivity index (χ4n) is 1.71.